The van der Waals surface area contributed by atoms with Gasteiger partial charge in [-0.05, 0) is 28.1 Å². The van der Waals surface area contributed by atoms with Crippen molar-refractivity contribution in [2.24, 2.45) is 5.84 Å². The number of carbonyl (C=O) groups excluding carboxylic acids is 1. The summed E-state index contributed by atoms with van der Waals surface area (Å²) in [6.45, 7) is 0. The number of hydrogen-bond acceptors (Lipinski definition) is 3. The fourth-order valence-electron chi connectivity index (χ4n) is 1.22. The SMILES string of the molecule is NNC(=O)c1ncn2cc(Br)ccc12. The number of hydrogen-bond donors (Lipinski definition) is 2. The number of amides is 1. The molecule has 0 spiro atoms. The molecule has 2 heterocycles. The van der Waals surface area contributed by atoms with Crippen molar-refractivity contribution in [1.82, 2.24) is 14.8 Å². The molecule has 14 heavy (non-hydrogen) atoms. The topological polar surface area (TPSA) is 72.4 Å². The molecule has 1 amide bonds. The van der Waals surface area contributed by atoms with Crippen molar-refractivity contribution in [3.63, 3.8) is 0 Å². The molecule has 72 valence electrons. The fourth-order valence-corrected chi connectivity index (χ4v) is 1.57. The molecule has 2 rings (SSSR count). The Hall–Kier alpha value is -1.40. The number of nitrogen functional groups attached to an aromatic ring is 1. The second kappa shape index (κ2) is 3.39. The standard InChI is InChI=1S/C8H7BrN4O/c9-5-1-2-6-7(8(14)12-10)11-4-13(6)3-5/h1-4H,10H2,(H,12,14). The molecule has 0 fully saturated rings. The van der Waals surface area contributed by atoms with E-state index in [1.807, 2.05) is 17.7 Å². The molecule has 0 saturated carbocycles. The molecule has 0 aliphatic carbocycles. The maximum absolute atomic E-state index is 11.2. The number of fused-ring (bicyclic) bond motifs is 1. The number of imidazole rings is 1. The van der Waals surface area contributed by atoms with E-state index in [2.05, 4.69) is 20.9 Å². The number of nitrogens with two attached hydrogens (primary N) is 1. The Balaban J connectivity index is 2.64. The molecule has 3 N–H and O–H groups in total. The lowest BCUT2D eigenvalue weighted by atomic mass is 10.3. The van der Waals surface area contributed by atoms with E-state index < -0.39 is 5.91 Å². The van der Waals surface area contributed by atoms with Crippen LogP contribution in [-0.2, 0) is 0 Å². The van der Waals surface area contributed by atoms with Crippen LogP contribution in [-0.4, -0.2) is 15.3 Å². The Morgan fingerprint density at radius 1 is 1.57 bits per heavy atom. The minimum absolute atomic E-state index is 0.319. The van der Waals surface area contributed by atoms with Gasteiger partial charge in [0.1, 0.15) is 6.33 Å². The molecule has 2 aromatic heterocycles. The lowest BCUT2D eigenvalue weighted by Crippen LogP contribution is -2.30. The first-order chi connectivity index (χ1) is 6.72. The number of nitrogens with zero attached hydrogens (tertiary/aromatic N) is 2. The monoisotopic (exact) mass is 254 g/mol. The van der Waals surface area contributed by atoms with Crippen LogP contribution in [0.1, 0.15) is 10.5 Å². The molecular formula is C8H7BrN4O. The van der Waals surface area contributed by atoms with Crippen molar-refractivity contribution in [3.05, 3.63) is 34.8 Å². The Labute approximate surface area is 88.0 Å². The summed E-state index contributed by atoms with van der Waals surface area (Å²) < 4.78 is 2.66. The summed E-state index contributed by atoms with van der Waals surface area (Å²) in [5.41, 5.74) is 3.09. The molecule has 0 radical (unpaired) electrons. The van der Waals surface area contributed by atoms with Crippen LogP contribution in [0.15, 0.2) is 29.1 Å². The number of aromatic nitrogens is 2. The molecule has 0 aromatic carbocycles. The van der Waals surface area contributed by atoms with Gasteiger partial charge in [0.15, 0.2) is 5.69 Å². The zero-order valence-electron chi connectivity index (χ0n) is 7.07. The van der Waals surface area contributed by atoms with Gasteiger partial charge in [0, 0.05) is 10.7 Å². The van der Waals surface area contributed by atoms with Gasteiger partial charge in [-0.3, -0.25) is 10.2 Å². The maximum atomic E-state index is 11.2. The molecule has 5 nitrogen and oxygen atoms in total. The van der Waals surface area contributed by atoms with Crippen LogP contribution >= 0.6 is 15.9 Å². The second-order valence-electron chi connectivity index (χ2n) is 2.71. The highest BCUT2D eigenvalue weighted by molar-refractivity contribution is 9.10. The normalized spacial score (nSPS) is 10.4. The Morgan fingerprint density at radius 3 is 3.07 bits per heavy atom. The summed E-state index contributed by atoms with van der Waals surface area (Å²) >= 11 is 3.32. The van der Waals surface area contributed by atoms with Gasteiger partial charge < -0.3 is 4.40 Å². The average molecular weight is 255 g/mol. The van der Waals surface area contributed by atoms with E-state index in [0.717, 1.165) is 9.99 Å². The van der Waals surface area contributed by atoms with Crippen molar-refractivity contribution < 1.29 is 4.79 Å². The number of rotatable bonds is 1. The number of hydrazine groups is 1. The highest BCUT2D eigenvalue weighted by atomic mass is 79.9. The van der Waals surface area contributed by atoms with E-state index in [9.17, 15) is 4.79 Å². The molecule has 0 atom stereocenters. The Bertz CT molecular complexity index is 493. The Morgan fingerprint density at radius 2 is 2.36 bits per heavy atom. The van der Waals surface area contributed by atoms with Crippen LogP contribution in [0.25, 0.3) is 5.52 Å². The first-order valence-electron chi connectivity index (χ1n) is 3.85. The van der Waals surface area contributed by atoms with Crippen LogP contribution in [0.2, 0.25) is 0 Å². The van der Waals surface area contributed by atoms with Gasteiger partial charge in [0.2, 0.25) is 0 Å². The van der Waals surface area contributed by atoms with Gasteiger partial charge >= 0.3 is 0 Å². The molecule has 0 aliphatic heterocycles. The van der Waals surface area contributed by atoms with E-state index in [4.69, 9.17) is 5.84 Å². The van der Waals surface area contributed by atoms with Crippen molar-refractivity contribution in [2.45, 2.75) is 0 Å². The summed E-state index contributed by atoms with van der Waals surface area (Å²) in [5.74, 6) is 4.63. The van der Waals surface area contributed by atoms with E-state index in [-0.39, 0.29) is 0 Å². The molecule has 0 saturated heterocycles. The van der Waals surface area contributed by atoms with Crippen molar-refractivity contribution in [2.75, 3.05) is 0 Å². The molecule has 2 aromatic rings. The van der Waals surface area contributed by atoms with Crippen LogP contribution in [0, 0.1) is 0 Å². The third kappa shape index (κ3) is 1.38. The van der Waals surface area contributed by atoms with Gasteiger partial charge in [0.25, 0.3) is 5.91 Å². The molecule has 0 unspecified atom stereocenters. The highest BCUT2D eigenvalue weighted by Crippen LogP contribution is 2.14. The smallest absolute Gasteiger partial charge is 0.286 e. The van der Waals surface area contributed by atoms with E-state index >= 15 is 0 Å². The van der Waals surface area contributed by atoms with Crippen LogP contribution < -0.4 is 11.3 Å². The fraction of sp³-hybridized carbons (Fsp3) is 0. The van der Waals surface area contributed by atoms with Crippen LogP contribution in [0.4, 0.5) is 0 Å². The molecular weight excluding hydrogens is 248 g/mol. The van der Waals surface area contributed by atoms with E-state index in [0.29, 0.717) is 5.69 Å². The zero-order valence-corrected chi connectivity index (χ0v) is 8.65. The highest BCUT2D eigenvalue weighted by Gasteiger charge is 2.11. The quantitative estimate of drug-likeness (QED) is 0.447. The molecule has 0 aliphatic rings. The number of nitrogens with one attached hydrogen (secondary N) is 1. The number of carbonyl (C=O) groups is 1. The van der Waals surface area contributed by atoms with Crippen molar-refractivity contribution in [3.8, 4) is 0 Å². The first-order valence-corrected chi connectivity index (χ1v) is 4.65. The zero-order chi connectivity index (χ0) is 10.1. The minimum atomic E-state index is -0.394. The molecule has 6 heteroatoms. The van der Waals surface area contributed by atoms with Gasteiger partial charge in [-0.25, -0.2) is 10.8 Å². The minimum Gasteiger partial charge on any atom is -0.304 e. The van der Waals surface area contributed by atoms with Crippen molar-refractivity contribution in [1.29, 1.82) is 0 Å². The number of halogens is 1. The van der Waals surface area contributed by atoms with E-state index in [1.165, 1.54) is 0 Å². The maximum Gasteiger partial charge on any atom is 0.286 e. The summed E-state index contributed by atoms with van der Waals surface area (Å²) in [5, 5.41) is 0. The summed E-state index contributed by atoms with van der Waals surface area (Å²) in [6.07, 6.45) is 3.38. The predicted octanol–water partition coefficient (Wildman–Crippen LogP) is 0.700. The third-order valence-corrected chi connectivity index (χ3v) is 2.31. The summed E-state index contributed by atoms with van der Waals surface area (Å²) in [4.78, 5) is 15.2. The predicted molar refractivity (Wildman–Crippen MR) is 54.5 cm³/mol. The van der Waals surface area contributed by atoms with Crippen molar-refractivity contribution >= 4 is 27.4 Å². The van der Waals surface area contributed by atoms with Gasteiger partial charge in [0.05, 0.1) is 5.52 Å². The largest absolute Gasteiger partial charge is 0.304 e. The second-order valence-corrected chi connectivity index (χ2v) is 3.62. The van der Waals surface area contributed by atoms with Gasteiger partial charge in [-0.2, -0.15) is 0 Å². The lowest BCUT2D eigenvalue weighted by molar-refractivity contribution is 0.0951. The summed E-state index contributed by atoms with van der Waals surface area (Å²) in [6, 6.07) is 3.63. The first kappa shape index (κ1) is 9.17. The van der Waals surface area contributed by atoms with Gasteiger partial charge in [-0.15, -0.1) is 0 Å². The summed E-state index contributed by atoms with van der Waals surface area (Å²) in [7, 11) is 0. The third-order valence-electron chi connectivity index (χ3n) is 1.84. The van der Waals surface area contributed by atoms with Crippen LogP contribution in [0.3, 0.4) is 0 Å². The Kier molecular flexibility index (Phi) is 2.22. The lowest BCUT2D eigenvalue weighted by Gasteiger charge is -1.97. The van der Waals surface area contributed by atoms with E-state index in [1.54, 1.807) is 16.8 Å². The average Bonchev–Trinajstić information content (AvgIpc) is 2.59. The van der Waals surface area contributed by atoms with Crippen LogP contribution in [0.5, 0.6) is 0 Å². The number of pyridine rings is 1. The van der Waals surface area contributed by atoms with Gasteiger partial charge in [-0.1, -0.05) is 0 Å². The molecule has 0 bridgehead atoms.